The highest BCUT2D eigenvalue weighted by molar-refractivity contribution is 8.00. The molecule has 0 saturated heterocycles. The van der Waals surface area contributed by atoms with E-state index in [4.69, 9.17) is 4.74 Å². The van der Waals surface area contributed by atoms with Crippen LogP contribution in [0.25, 0.3) is 0 Å². The van der Waals surface area contributed by atoms with Crippen LogP contribution in [-0.4, -0.2) is 34.2 Å². The third-order valence-electron chi connectivity index (χ3n) is 5.25. The van der Waals surface area contributed by atoms with Crippen LogP contribution in [0.1, 0.15) is 64.1 Å². The zero-order valence-electron chi connectivity index (χ0n) is 16.8. The van der Waals surface area contributed by atoms with Crippen molar-refractivity contribution in [2.75, 3.05) is 17.7 Å². The van der Waals surface area contributed by atoms with Crippen LogP contribution < -0.4 is 5.32 Å². The number of carbonyl (C=O) groups excluding carboxylic acids is 2. The summed E-state index contributed by atoms with van der Waals surface area (Å²) in [5.74, 6) is 0.554. The summed E-state index contributed by atoms with van der Waals surface area (Å²) in [6.45, 7) is 4.02. The molecule has 8 heteroatoms. The monoisotopic (exact) mass is 431 g/mol. The smallest absolute Gasteiger partial charge is 0.341 e. The Hall–Kier alpha value is -1.93. The fourth-order valence-corrected chi connectivity index (χ4v) is 6.23. The van der Waals surface area contributed by atoms with E-state index in [-0.39, 0.29) is 17.6 Å². The van der Waals surface area contributed by atoms with Crippen molar-refractivity contribution in [3.8, 4) is 0 Å². The summed E-state index contributed by atoms with van der Waals surface area (Å²) in [5.41, 5.74) is 3.93. The van der Waals surface area contributed by atoms with Crippen molar-refractivity contribution in [1.82, 2.24) is 9.97 Å². The molecular weight excluding hydrogens is 406 g/mol. The van der Waals surface area contributed by atoms with Gasteiger partial charge in [-0.2, -0.15) is 0 Å². The second-order valence-corrected chi connectivity index (χ2v) is 9.40. The Morgan fingerprint density at radius 3 is 2.72 bits per heavy atom. The predicted molar refractivity (Wildman–Crippen MR) is 115 cm³/mol. The maximum atomic E-state index is 12.7. The van der Waals surface area contributed by atoms with Gasteiger partial charge in [-0.3, -0.25) is 4.79 Å². The number of rotatable bonds is 6. The first-order chi connectivity index (χ1) is 14.1. The predicted octanol–water partition coefficient (Wildman–Crippen LogP) is 4.12. The first-order valence-corrected chi connectivity index (χ1v) is 12.0. The molecule has 29 heavy (non-hydrogen) atoms. The molecule has 4 rings (SSSR count). The lowest BCUT2D eigenvalue weighted by atomic mass is 9.95. The molecule has 0 aromatic carbocycles. The maximum Gasteiger partial charge on any atom is 0.341 e. The number of hydrogen-bond acceptors (Lipinski definition) is 7. The van der Waals surface area contributed by atoms with Crippen molar-refractivity contribution < 1.29 is 14.3 Å². The van der Waals surface area contributed by atoms with Crippen molar-refractivity contribution >= 4 is 40.0 Å². The number of aryl methyl sites for hydroxylation is 3. The van der Waals surface area contributed by atoms with E-state index in [1.807, 2.05) is 6.92 Å². The van der Waals surface area contributed by atoms with Gasteiger partial charge in [-0.15, -0.1) is 11.3 Å². The van der Waals surface area contributed by atoms with Crippen molar-refractivity contribution in [1.29, 1.82) is 0 Å². The summed E-state index contributed by atoms with van der Waals surface area (Å²) >= 11 is 2.97. The quantitative estimate of drug-likeness (QED) is 0.421. The fourth-order valence-electron chi connectivity index (χ4n) is 4.01. The van der Waals surface area contributed by atoms with Gasteiger partial charge >= 0.3 is 5.97 Å². The Kier molecular flexibility index (Phi) is 6.20. The molecule has 0 bridgehead atoms. The number of hydrogen-bond donors (Lipinski definition) is 1. The lowest BCUT2D eigenvalue weighted by Gasteiger charge is -2.12. The molecule has 0 atom stereocenters. The van der Waals surface area contributed by atoms with E-state index in [0.717, 1.165) is 67.1 Å². The number of thioether (sulfide) groups is 1. The fraction of sp³-hybridized carbons (Fsp3) is 0.524. The third-order valence-corrected chi connectivity index (χ3v) is 7.48. The summed E-state index contributed by atoms with van der Waals surface area (Å²) in [7, 11) is 0. The molecule has 1 N–H and O–H groups in total. The number of fused-ring (bicyclic) bond motifs is 2. The molecular formula is C21H25N3O3S2. The number of ether oxygens (including phenoxy) is 1. The summed E-state index contributed by atoms with van der Waals surface area (Å²) in [6.07, 6.45) is 7.08. The van der Waals surface area contributed by atoms with E-state index in [2.05, 4.69) is 15.3 Å². The second-order valence-electron chi connectivity index (χ2n) is 7.33. The van der Waals surface area contributed by atoms with Crippen molar-refractivity contribution in [3.05, 3.63) is 33.1 Å². The Labute approximate surface area is 178 Å². The van der Waals surface area contributed by atoms with Gasteiger partial charge in [-0.25, -0.2) is 14.8 Å². The molecule has 0 fully saturated rings. The molecule has 0 spiro atoms. The number of amides is 1. The van der Waals surface area contributed by atoms with Crippen molar-refractivity contribution in [3.63, 3.8) is 0 Å². The molecule has 2 aromatic rings. The number of carbonyl (C=O) groups is 2. The van der Waals surface area contributed by atoms with Gasteiger partial charge in [0.05, 0.1) is 17.9 Å². The highest BCUT2D eigenvalue weighted by Crippen LogP contribution is 2.39. The van der Waals surface area contributed by atoms with Crippen LogP contribution in [0, 0.1) is 6.92 Å². The summed E-state index contributed by atoms with van der Waals surface area (Å²) in [6, 6.07) is 0. The van der Waals surface area contributed by atoms with Crippen LogP contribution in [-0.2, 0) is 35.2 Å². The lowest BCUT2D eigenvalue weighted by Crippen LogP contribution is -2.17. The number of anilines is 1. The van der Waals surface area contributed by atoms with E-state index < -0.39 is 0 Å². The SMILES string of the molecule is CCOC(=O)c1c(NC(=O)CSc2nc(C)nc3c2CCC3)sc2c1CCCC2. The zero-order valence-corrected chi connectivity index (χ0v) is 18.4. The Bertz CT molecular complexity index is 955. The molecule has 6 nitrogen and oxygen atoms in total. The van der Waals surface area contributed by atoms with Crippen LogP contribution in [0.5, 0.6) is 0 Å². The molecule has 2 heterocycles. The molecule has 0 saturated carbocycles. The Balaban J connectivity index is 1.49. The zero-order chi connectivity index (χ0) is 20.4. The van der Waals surface area contributed by atoms with Gasteiger partial charge in [0.2, 0.25) is 5.91 Å². The first-order valence-electron chi connectivity index (χ1n) is 10.2. The highest BCUT2D eigenvalue weighted by atomic mass is 32.2. The molecule has 0 unspecified atom stereocenters. The van der Waals surface area contributed by atoms with E-state index in [0.29, 0.717) is 17.2 Å². The average molecular weight is 432 g/mol. The number of nitrogens with zero attached hydrogens (tertiary/aromatic N) is 2. The molecule has 2 aliphatic rings. The molecule has 0 aliphatic heterocycles. The Morgan fingerprint density at radius 2 is 1.90 bits per heavy atom. The number of thiophene rings is 1. The second kappa shape index (κ2) is 8.83. The Morgan fingerprint density at radius 1 is 1.10 bits per heavy atom. The van der Waals surface area contributed by atoms with Gasteiger partial charge in [0.1, 0.15) is 15.9 Å². The van der Waals surface area contributed by atoms with Crippen LogP contribution in [0.2, 0.25) is 0 Å². The van der Waals surface area contributed by atoms with E-state index in [9.17, 15) is 9.59 Å². The summed E-state index contributed by atoms with van der Waals surface area (Å²) in [4.78, 5) is 35.5. The molecule has 2 aliphatic carbocycles. The molecule has 2 aromatic heterocycles. The number of aromatic nitrogens is 2. The van der Waals surface area contributed by atoms with E-state index in [1.54, 1.807) is 6.92 Å². The molecule has 0 radical (unpaired) electrons. The van der Waals surface area contributed by atoms with Crippen LogP contribution in [0.15, 0.2) is 5.03 Å². The van der Waals surface area contributed by atoms with Gasteiger partial charge in [-0.1, -0.05) is 11.8 Å². The van der Waals surface area contributed by atoms with E-state index in [1.165, 1.54) is 33.5 Å². The molecule has 1 amide bonds. The first kappa shape index (κ1) is 20.3. The minimum absolute atomic E-state index is 0.123. The van der Waals surface area contributed by atoms with Crippen molar-refractivity contribution in [2.24, 2.45) is 0 Å². The largest absolute Gasteiger partial charge is 0.462 e. The normalized spacial score (nSPS) is 15.0. The van der Waals surface area contributed by atoms with Gasteiger partial charge in [-0.05, 0) is 64.4 Å². The van der Waals surface area contributed by atoms with Gasteiger partial charge in [0.25, 0.3) is 0 Å². The third kappa shape index (κ3) is 4.33. The lowest BCUT2D eigenvalue weighted by molar-refractivity contribution is -0.113. The summed E-state index contributed by atoms with van der Waals surface area (Å²) < 4.78 is 5.26. The van der Waals surface area contributed by atoms with Crippen LogP contribution >= 0.6 is 23.1 Å². The number of esters is 1. The highest BCUT2D eigenvalue weighted by Gasteiger charge is 2.27. The van der Waals surface area contributed by atoms with Gasteiger partial charge in [0.15, 0.2) is 0 Å². The van der Waals surface area contributed by atoms with Crippen LogP contribution in [0.4, 0.5) is 5.00 Å². The summed E-state index contributed by atoms with van der Waals surface area (Å²) in [5, 5.41) is 4.52. The van der Waals surface area contributed by atoms with Crippen LogP contribution in [0.3, 0.4) is 0 Å². The van der Waals surface area contributed by atoms with Gasteiger partial charge in [0, 0.05) is 16.1 Å². The minimum Gasteiger partial charge on any atom is -0.462 e. The van der Waals surface area contributed by atoms with Gasteiger partial charge < -0.3 is 10.1 Å². The minimum atomic E-state index is -0.334. The average Bonchev–Trinajstić information content (AvgIpc) is 3.30. The molecule has 154 valence electrons. The number of nitrogens with one attached hydrogen (secondary N) is 1. The topological polar surface area (TPSA) is 81.2 Å². The maximum absolute atomic E-state index is 12.7. The van der Waals surface area contributed by atoms with E-state index >= 15 is 0 Å². The van der Waals surface area contributed by atoms with Crippen molar-refractivity contribution in [2.45, 2.75) is 63.8 Å². The standard InChI is InChI=1S/C21H25N3O3S2/c1-3-27-21(26)18-14-7-4-5-10-16(14)29-20(18)24-17(25)11-28-19-13-8-6-9-15(13)22-12(2)23-19/h3-11H2,1-2H3,(H,24,25).